The van der Waals surface area contributed by atoms with Crippen LogP contribution in [0.1, 0.15) is 42.0 Å². The summed E-state index contributed by atoms with van der Waals surface area (Å²) < 4.78 is 0. The Bertz CT molecular complexity index is 197. The predicted molar refractivity (Wildman–Crippen MR) is 93.5 cm³/mol. The molecule has 9 N–H and O–H groups in total. The van der Waals surface area contributed by atoms with Crippen LogP contribution in [0, 0.1) is 5.92 Å². The van der Waals surface area contributed by atoms with Gasteiger partial charge in [0, 0.05) is 14.0 Å². The summed E-state index contributed by atoms with van der Waals surface area (Å²) in [6.07, 6.45) is 5.83. The molecule has 19 heavy (non-hydrogen) atoms. The molecule has 0 spiro atoms. The van der Waals surface area contributed by atoms with E-state index in [0.717, 1.165) is 19.2 Å². The summed E-state index contributed by atoms with van der Waals surface area (Å²) in [4.78, 5) is 4.15. The molecule has 0 aromatic heterocycles. The van der Waals surface area contributed by atoms with Crippen LogP contribution in [-0.2, 0) is 0 Å². The molecule has 0 radical (unpaired) electrons. The molecular weight excluding hydrogens is 266 g/mol. The lowest BCUT2D eigenvalue weighted by Crippen LogP contribution is -2.12. The van der Waals surface area contributed by atoms with Crippen LogP contribution < -0.4 is 11.5 Å². The zero-order valence-corrected chi connectivity index (χ0v) is 12.6. The Labute approximate surface area is 126 Å². The van der Waals surface area contributed by atoms with Gasteiger partial charge in [0.15, 0.2) is 0 Å². The summed E-state index contributed by atoms with van der Waals surface area (Å²) in [6.45, 7) is 5.10. The van der Waals surface area contributed by atoms with E-state index in [1.165, 1.54) is 26.0 Å². The highest BCUT2D eigenvalue weighted by molar-refractivity contribution is 7.59. The van der Waals surface area contributed by atoms with Crippen molar-refractivity contribution in [1.82, 2.24) is 0 Å². The van der Waals surface area contributed by atoms with Crippen LogP contribution in [0.5, 0.6) is 0 Å². The van der Waals surface area contributed by atoms with Crippen LogP contribution in [0.3, 0.4) is 0 Å². The molecule has 0 rings (SSSR count). The Kier molecular flexibility index (Phi) is 57.8. The number of hydrogen-bond acceptors (Lipinski definition) is 3. The number of aliphatic hydroxyl groups is 1. The van der Waals surface area contributed by atoms with E-state index in [0.29, 0.717) is 11.8 Å². The normalized spacial score (nSPS) is 10.6. The van der Waals surface area contributed by atoms with Gasteiger partial charge in [0.1, 0.15) is 5.84 Å². The molecule has 0 heterocycles. The highest BCUT2D eigenvalue weighted by Crippen LogP contribution is 2.10. The quantitative estimate of drug-likeness (QED) is 0.384. The number of nitrogens with zero attached hydrogens (tertiary/aromatic N) is 1. The number of hydrogen-bond donors (Lipinski definition) is 3. The van der Waals surface area contributed by atoms with Gasteiger partial charge in [0.25, 0.3) is 0 Å². The Morgan fingerprint density at radius 2 is 1.79 bits per heavy atom. The van der Waals surface area contributed by atoms with E-state index in [1.807, 2.05) is 0 Å². The zero-order valence-electron chi connectivity index (χ0n) is 11.6. The van der Waals surface area contributed by atoms with Crippen LogP contribution in [0.4, 0.5) is 0 Å². The molecule has 1 atom stereocenters. The van der Waals surface area contributed by atoms with Crippen molar-refractivity contribution in [3.05, 3.63) is 12.3 Å². The van der Waals surface area contributed by atoms with Gasteiger partial charge in [0.2, 0.25) is 0 Å². The fourth-order valence-electron chi connectivity index (χ4n) is 1.20. The molecule has 6 nitrogen and oxygen atoms in total. The Hall–Kier alpha value is -0.760. The third-order valence-corrected chi connectivity index (χ3v) is 2.05. The average molecular weight is 304 g/mol. The van der Waals surface area contributed by atoms with Crippen molar-refractivity contribution in [3.63, 3.8) is 0 Å². The standard InChI is InChI=1S/C10H20N2O.CH5N.CH4.2H2O.H2S.H2/c1-3-5-9(4-2)8-12-10(11)6-7-13;1-2;;;;;/h6-7,9,13H,3-5,8H2,1-2H3,(H2,11,12);2H2,1H3;1H4;3*1H2;1H/b7-6-;;;;;;/t9-;;;;;;/m0....../s1. The molecule has 0 amide bonds. The smallest absolute Gasteiger partial charge is 0.121 e. The predicted octanol–water partition coefficient (Wildman–Crippen LogP) is 1.16. The van der Waals surface area contributed by atoms with Crippen LogP contribution >= 0.6 is 13.5 Å². The van der Waals surface area contributed by atoms with Gasteiger partial charge in [-0.15, -0.1) is 0 Å². The highest BCUT2D eigenvalue weighted by Gasteiger charge is 2.02. The van der Waals surface area contributed by atoms with Crippen molar-refractivity contribution in [2.24, 2.45) is 22.4 Å². The summed E-state index contributed by atoms with van der Waals surface area (Å²) >= 11 is 0. The molecule has 124 valence electrons. The summed E-state index contributed by atoms with van der Waals surface area (Å²) in [7, 11) is 1.50. The lowest BCUT2D eigenvalue weighted by atomic mass is 10.0. The van der Waals surface area contributed by atoms with Gasteiger partial charge in [-0.25, -0.2) is 0 Å². The molecule has 0 aromatic rings. The lowest BCUT2D eigenvalue weighted by molar-refractivity contribution is 0.472. The minimum absolute atomic E-state index is 0. The van der Waals surface area contributed by atoms with Crippen LogP contribution in [0.15, 0.2) is 17.3 Å². The van der Waals surface area contributed by atoms with Crippen molar-refractivity contribution in [2.75, 3.05) is 13.6 Å². The Morgan fingerprint density at radius 3 is 2.11 bits per heavy atom. The van der Waals surface area contributed by atoms with E-state index >= 15 is 0 Å². The van der Waals surface area contributed by atoms with E-state index in [9.17, 15) is 0 Å². The minimum atomic E-state index is 0. The summed E-state index contributed by atoms with van der Waals surface area (Å²) in [5, 5.41) is 8.42. The molecule has 0 bridgehead atoms. The maximum atomic E-state index is 8.42. The molecule has 7 heteroatoms. The molecule has 0 saturated carbocycles. The first kappa shape index (κ1) is 36.2. The first-order chi connectivity index (χ1) is 7.24. The van der Waals surface area contributed by atoms with Gasteiger partial charge in [-0.05, 0) is 19.4 Å². The van der Waals surface area contributed by atoms with Crippen molar-refractivity contribution < 1.29 is 17.5 Å². The monoisotopic (exact) mass is 303 g/mol. The number of amidine groups is 1. The maximum Gasteiger partial charge on any atom is 0.121 e. The molecule has 0 fully saturated rings. The summed E-state index contributed by atoms with van der Waals surface area (Å²) in [5.41, 5.74) is 9.99. The van der Waals surface area contributed by atoms with E-state index in [1.54, 1.807) is 0 Å². The van der Waals surface area contributed by atoms with E-state index in [4.69, 9.17) is 10.8 Å². The summed E-state index contributed by atoms with van der Waals surface area (Å²) in [6, 6.07) is 0. The van der Waals surface area contributed by atoms with E-state index in [2.05, 4.69) is 24.6 Å². The topological polar surface area (TPSA) is 148 Å². The summed E-state index contributed by atoms with van der Waals surface area (Å²) in [5.74, 6) is 1.02. The van der Waals surface area contributed by atoms with Crippen LogP contribution in [-0.4, -0.2) is 35.5 Å². The molecule has 0 unspecified atom stereocenters. The molecule has 0 aliphatic carbocycles. The number of aliphatic imine (C=N–C) groups is 1. The second-order valence-electron chi connectivity index (χ2n) is 3.14. The van der Waals surface area contributed by atoms with E-state index in [-0.39, 0.29) is 33.3 Å². The first-order valence-corrected chi connectivity index (χ1v) is 5.43. The zero-order chi connectivity index (χ0) is 12.1. The maximum absolute atomic E-state index is 8.42. The molecule has 0 aliphatic heterocycles. The second-order valence-corrected chi connectivity index (χ2v) is 3.14. The van der Waals surface area contributed by atoms with Gasteiger partial charge in [0.05, 0.1) is 6.26 Å². The number of aliphatic hydroxyl groups excluding tert-OH is 1. The van der Waals surface area contributed by atoms with Gasteiger partial charge in [-0.1, -0.05) is 34.1 Å². The fourth-order valence-corrected chi connectivity index (χ4v) is 1.20. The average Bonchev–Trinajstić information content (AvgIpc) is 2.27. The number of nitrogens with two attached hydrogens (primary N) is 2. The molecular formula is C12H37N3O3S. The van der Waals surface area contributed by atoms with Crippen molar-refractivity contribution >= 4 is 19.3 Å². The third-order valence-electron chi connectivity index (χ3n) is 2.05. The lowest BCUT2D eigenvalue weighted by Gasteiger charge is -2.09. The SMILES string of the molecule is C.CCC[C@H](CC)CN=C(N)/C=C\O.CN.O.O.S.[HH]. The Balaban J connectivity index is -0.0000000460. The highest BCUT2D eigenvalue weighted by atomic mass is 32.1. The van der Waals surface area contributed by atoms with Crippen LogP contribution in [0.2, 0.25) is 0 Å². The molecule has 0 saturated heterocycles. The van der Waals surface area contributed by atoms with E-state index < -0.39 is 0 Å². The third kappa shape index (κ3) is 26.7. The largest absolute Gasteiger partial charge is 0.515 e. The Morgan fingerprint density at radius 1 is 1.32 bits per heavy atom. The molecule has 0 aromatic carbocycles. The molecule has 0 aliphatic rings. The van der Waals surface area contributed by atoms with Gasteiger partial charge in [-0.3, -0.25) is 4.99 Å². The van der Waals surface area contributed by atoms with Crippen LogP contribution in [0.25, 0.3) is 0 Å². The second kappa shape index (κ2) is 30.3. The van der Waals surface area contributed by atoms with Crippen molar-refractivity contribution in [3.8, 4) is 0 Å². The van der Waals surface area contributed by atoms with Gasteiger partial charge in [-0.2, -0.15) is 13.5 Å². The van der Waals surface area contributed by atoms with Gasteiger partial charge < -0.3 is 27.5 Å². The van der Waals surface area contributed by atoms with Gasteiger partial charge >= 0.3 is 0 Å². The first-order valence-electron chi connectivity index (χ1n) is 5.43. The fraction of sp³-hybridized carbons (Fsp3) is 0.750. The van der Waals surface area contributed by atoms with Crippen molar-refractivity contribution in [1.29, 1.82) is 0 Å². The number of rotatable bonds is 6. The van der Waals surface area contributed by atoms with Crippen molar-refractivity contribution in [2.45, 2.75) is 40.5 Å². The minimum Gasteiger partial charge on any atom is -0.515 e.